The molecule has 1 aromatic carbocycles. The van der Waals surface area contributed by atoms with Gasteiger partial charge in [-0.3, -0.25) is 0 Å². The van der Waals surface area contributed by atoms with Crippen LogP contribution in [0.4, 0.5) is 4.39 Å². The Morgan fingerprint density at radius 3 is 2.67 bits per heavy atom. The Morgan fingerprint density at radius 1 is 1.33 bits per heavy atom. The molecular formula is C15H23FN2O2S. The van der Waals surface area contributed by atoms with E-state index in [1.807, 2.05) is 6.92 Å². The van der Waals surface area contributed by atoms with Crippen molar-refractivity contribution in [3.63, 3.8) is 0 Å². The molecule has 1 N–H and O–H groups in total. The van der Waals surface area contributed by atoms with Crippen LogP contribution in [0.3, 0.4) is 0 Å². The van der Waals surface area contributed by atoms with Crippen LogP contribution >= 0.6 is 0 Å². The summed E-state index contributed by atoms with van der Waals surface area (Å²) in [7, 11) is -3.61. The van der Waals surface area contributed by atoms with Crippen molar-refractivity contribution in [2.45, 2.75) is 31.1 Å². The van der Waals surface area contributed by atoms with Crippen molar-refractivity contribution >= 4 is 10.0 Å². The summed E-state index contributed by atoms with van der Waals surface area (Å²) >= 11 is 0. The SMILES string of the molecule is CCCN(CC1CCNCC1)S(=O)(=O)c1cccc(F)c1. The van der Waals surface area contributed by atoms with E-state index in [1.165, 1.54) is 22.5 Å². The summed E-state index contributed by atoms with van der Waals surface area (Å²) in [6, 6.07) is 5.26. The Kier molecular flexibility index (Phi) is 5.72. The van der Waals surface area contributed by atoms with Crippen LogP contribution in [0, 0.1) is 11.7 Å². The quantitative estimate of drug-likeness (QED) is 0.876. The van der Waals surface area contributed by atoms with Gasteiger partial charge in [-0.2, -0.15) is 4.31 Å². The smallest absolute Gasteiger partial charge is 0.243 e. The molecular weight excluding hydrogens is 291 g/mol. The highest BCUT2D eigenvalue weighted by molar-refractivity contribution is 7.89. The largest absolute Gasteiger partial charge is 0.317 e. The van der Waals surface area contributed by atoms with Crippen molar-refractivity contribution in [3.05, 3.63) is 30.1 Å². The van der Waals surface area contributed by atoms with E-state index in [0.29, 0.717) is 19.0 Å². The van der Waals surface area contributed by atoms with E-state index in [2.05, 4.69) is 5.32 Å². The summed E-state index contributed by atoms with van der Waals surface area (Å²) in [6.45, 7) is 4.82. The van der Waals surface area contributed by atoms with Gasteiger partial charge in [0.1, 0.15) is 5.82 Å². The van der Waals surface area contributed by atoms with Crippen molar-refractivity contribution in [3.8, 4) is 0 Å². The molecule has 0 radical (unpaired) electrons. The third-order valence-corrected chi connectivity index (χ3v) is 5.69. The molecule has 0 unspecified atom stereocenters. The van der Waals surface area contributed by atoms with Gasteiger partial charge in [0.2, 0.25) is 10.0 Å². The van der Waals surface area contributed by atoms with E-state index in [4.69, 9.17) is 0 Å². The first-order valence-corrected chi connectivity index (χ1v) is 8.94. The normalized spacial score (nSPS) is 17.3. The van der Waals surface area contributed by atoms with Crippen LogP contribution in [0.25, 0.3) is 0 Å². The molecule has 1 aliphatic heterocycles. The highest BCUT2D eigenvalue weighted by Gasteiger charge is 2.27. The summed E-state index contributed by atoms with van der Waals surface area (Å²) in [4.78, 5) is 0.0462. The zero-order valence-electron chi connectivity index (χ0n) is 12.4. The van der Waals surface area contributed by atoms with Gasteiger partial charge in [0.05, 0.1) is 4.90 Å². The Balaban J connectivity index is 2.19. The van der Waals surface area contributed by atoms with Crippen LogP contribution in [-0.2, 0) is 10.0 Å². The number of sulfonamides is 1. The maximum absolute atomic E-state index is 13.3. The molecule has 0 atom stereocenters. The molecule has 4 nitrogen and oxygen atoms in total. The third-order valence-electron chi connectivity index (χ3n) is 3.83. The summed E-state index contributed by atoms with van der Waals surface area (Å²) < 4.78 is 40.2. The van der Waals surface area contributed by atoms with Gasteiger partial charge in [0, 0.05) is 13.1 Å². The molecule has 6 heteroatoms. The van der Waals surface area contributed by atoms with E-state index in [1.54, 1.807) is 0 Å². The van der Waals surface area contributed by atoms with E-state index < -0.39 is 15.8 Å². The maximum Gasteiger partial charge on any atom is 0.243 e. The molecule has 1 fully saturated rings. The maximum atomic E-state index is 13.3. The van der Waals surface area contributed by atoms with Crippen molar-refractivity contribution in [2.75, 3.05) is 26.2 Å². The summed E-state index contributed by atoms with van der Waals surface area (Å²) in [5.41, 5.74) is 0. The number of rotatable bonds is 6. The van der Waals surface area contributed by atoms with Crippen molar-refractivity contribution < 1.29 is 12.8 Å². The Bertz CT molecular complexity index is 557. The lowest BCUT2D eigenvalue weighted by atomic mass is 9.98. The number of nitrogens with one attached hydrogen (secondary N) is 1. The van der Waals surface area contributed by atoms with Gasteiger partial charge in [0.15, 0.2) is 0 Å². The molecule has 1 aromatic rings. The van der Waals surface area contributed by atoms with E-state index in [9.17, 15) is 12.8 Å². The molecule has 1 aliphatic rings. The van der Waals surface area contributed by atoms with Crippen molar-refractivity contribution in [2.24, 2.45) is 5.92 Å². The van der Waals surface area contributed by atoms with Crippen molar-refractivity contribution in [1.29, 1.82) is 0 Å². The number of benzene rings is 1. The molecule has 1 heterocycles. The van der Waals surface area contributed by atoms with Gasteiger partial charge < -0.3 is 5.32 Å². The minimum absolute atomic E-state index is 0.0462. The molecule has 0 amide bonds. The Hall–Kier alpha value is -0.980. The predicted octanol–water partition coefficient (Wildman–Crippen LogP) is 2.23. The van der Waals surface area contributed by atoms with Gasteiger partial charge in [0.25, 0.3) is 0 Å². The molecule has 1 saturated heterocycles. The molecule has 0 aliphatic carbocycles. The van der Waals surface area contributed by atoms with Gasteiger partial charge in [-0.15, -0.1) is 0 Å². The number of nitrogens with zero attached hydrogens (tertiary/aromatic N) is 1. The van der Waals surface area contributed by atoms with Crippen molar-refractivity contribution in [1.82, 2.24) is 9.62 Å². The van der Waals surface area contributed by atoms with Crippen LogP contribution < -0.4 is 5.32 Å². The summed E-state index contributed by atoms with van der Waals surface area (Å²) in [6.07, 6.45) is 2.72. The summed E-state index contributed by atoms with van der Waals surface area (Å²) in [5.74, 6) is -0.143. The van der Waals surface area contributed by atoms with Gasteiger partial charge in [-0.05, 0) is 56.5 Å². The molecule has 0 spiro atoms. The monoisotopic (exact) mass is 314 g/mol. The number of piperidine rings is 1. The first kappa shape index (κ1) is 16.4. The molecule has 21 heavy (non-hydrogen) atoms. The molecule has 2 rings (SSSR count). The highest BCUT2D eigenvalue weighted by atomic mass is 32.2. The average Bonchev–Trinajstić information content (AvgIpc) is 2.48. The lowest BCUT2D eigenvalue weighted by Crippen LogP contribution is -2.39. The zero-order valence-corrected chi connectivity index (χ0v) is 13.2. The van der Waals surface area contributed by atoms with Crippen LogP contribution in [0.1, 0.15) is 26.2 Å². The zero-order chi connectivity index (χ0) is 15.3. The highest BCUT2D eigenvalue weighted by Crippen LogP contribution is 2.21. The predicted molar refractivity (Wildman–Crippen MR) is 81.0 cm³/mol. The van der Waals surface area contributed by atoms with Crippen LogP contribution in [-0.4, -0.2) is 38.9 Å². The molecule has 0 bridgehead atoms. The lowest BCUT2D eigenvalue weighted by molar-refractivity contribution is 0.288. The van der Waals surface area contributed by atoms with E-state index >= 15 is 0 Å². The topological polar surface area (TPSA) is 49.4 Å². The second kappa shape index (κ2) is 7.33. The van der Waals surface area contributed by atoms with Crippen LogP contribution in [0.15, 0.2) is 29.2 Å². The van der Waals surface area contributed by atoms with E-state index in [-0.39, 0.29) is 4.90 Å². The Morgan fingerprint density at radius 2 is 2.05 bits per heavy atom. The first-order chi connectivity index (χ1) is 10.0. The number of halogens is 1. The second-order valence-electron chi connectivity index (χ2n) is 5.51. The van der Waals surface area contributed by atoms with Gasteiger partial charge >= 0.3 is 0 Å². The summed E-state index contributed by atoms with van der Waals surface area (Å²) in [5, 5.41) is 3.28. The minimum Gasteiger partial charge on any atom is -0.317 e. The lowest BCUT2D eigenvalue weighted by Gasteiger charge is -2.29. The fourth-order valence-corrected chi connectivity index (χ4v) is 4.33. The fourth-order valence-electron chi connectivity index (χ4n) is 2.69. The molecule has 0 aromatic heterocycles. The van der Waals surface area contributed by atoms with E-state index in [0.717, 1.165) is 38.4 Å². The standard InChI is InChI=1S/C15H23FN2O2S/c1-2-10-18(12-13-6-8-17-9-7-13)21(19,20)15-5-3-4-14(16)11-15/h3-5,11,13,17H,2,6-10,12H2,1H3. The van der Waals surface area contributed by atoms with Crippen LogP contribution in [0.2, 0.25) is 0 Å². The average molecular weight is 314 g/mol. The fraction of sp³-hybridized carbons (Fsp3) is 0.600. The first-order valence-electron chi connectivity index (χ1n) is 7.50. The Labute approximate surface area is 126 Å². The van der Waals surface area contributed by atoms with Gasteiger partial charge in [-0.1, -0.05) is 13.0 Å². The van der Waals surface area contributed by atoms with Crippen LogP contribution in [0.5, 0.6) is 0 Å². The number of hydrogen-bond donors (Lipinski definition) is 1. The second-order valence-corrected chi connectivity index (χ2v) is 7.45. The minimum atomic E-state index is -3.61. The number of hydrogen-bond acceptors (Lipinski definition) is 3. The molecule has 118 valence electrons. The van der Waals surface area contributed by atoms with Gasteiger partial charge in [-0.25, -0.2) is 12.8 Å². The third kappa shape index (κ3) is 4.25. The molecule has 0 saturated carbocycles.